The van der Waals surface area contributed by atoms with Crippen molar-refractivity contribution in [1.82, 2.24) is 15.4 Å². The minimum Gasteiger partial charge on any atom is -0.361 e. The number of aryl methyl sites for hydroxylation is 1. The molecule has 1 saturated heterocycles. The van der Waals surface area contributed by atoms with Crippen LogP contribution in [0.3, 0.4) is 0 Å². The third kappa shape index (κ3) is 4.51. The summed E-state index contributed by atoms with van der Waals surface area (Å²) in [6, 6.07) is 9.94. The Bertz CT molecular complexity index is 1070. The van der Waals surface area contributed by atoms with Gasteiger partial charge in [-0.1, -0.05) is 43.1 Å². The number of benzene rings is 1. The van der Waals surface area contributed by atoms with Crippen LogP contribution in [0.5, 0.6) is 0 Å². The van der Waals surface area contributed by atoms with E-state index in [4.69, 9.17) is 4.52 Å². The highest BCUT2D eigenvalue weighted by Crippen LogP contribution is 2.34. The Labute approximate surface area is 186 Å². The molecule has 0 spiro atoms. The van der Waals surface area contributed by atoms with E-state index in [1.54, 1.807) is 13.1 Å². The summed E-state index contributed by atoms with van der Waals surface area (Å²) in [7, 11) is 1.66. The van der Waals surface area contributed by atoms with Crippen molar-refractivity contribution in [2.75, 3.05) is 13.6 Å². The molecule has 0 aliphatic carbocycles. The summed E-state index contributed by atoms with van der Waals surface area (Å²) in [5.41, 5.74) is 1.42. The van der Waals surface area contributed by atoms with Crippen LogP contribution in [0.2, 0.25) is 0 Å². The maximum absolute atomic E-state index is 13.4. The predicted octanol–water partition coefficient (Wildman–Crippen LogP) is 4.83. The summed E-state index contributed by atoms with van der Waals surface area (Å²) in [6.45, 7) is 2.78. The van der Waals surface area contributed by atoms with Gasteiger partial charge in [0.05, 0.1) is 4.88 Å². The SMILES string of the molecule is CCCc1cc(C(=O)N2CCCCC[C@H]2Cc2c(C(=O)NC)sc3ccccc23)no1. The van der Waals surface area contributed by atoms with E-state index in [1.807, 2.05) is 17.0 Å². The fraction of sp³-hybridized carbons (Fsp3) is 0.458. The molecule has 31 heavy (non-hydrogen) atoms. The molecule has 0 unspecified atom stereocenters. The highest BCUT2D eigenvalue weighted by Gasteiger charge is 2.30. The van der Waals surface area contributed by atoms with Crippen molar-refractivity contribution in [2.45, 2.75) is 57.9 Å². The highest BCUT2D eigenvalue weighted by molar-refractivity contribution is 7.21. The Balaban J connectivity index is 1.66. The number of rotatable bonds is 6. The average Bonchev–Trinajstić information content (AvgIpc) is 3.32. The van der Waals surface area contributed by atoms with E-state index in [9.17, 15) is 9.59 Å². The normalized spacial score (nSPS) is 17.0. The highest BCUT2D eigenvalue weighted by atomic mass is 32.1. The maximum atomic E-state index is 13.4. The largest absolute Gasteiger partial charge is 0.361 e. The van der Waals surface area contributed by atoms with Crippen molar-refractivity contribution in [2.24, 2.45) is 0 Å². The van der Waals surface area contributed by atoms with Gasteiger partial charge in [0.25, 0.3) is 11.8 Å². The van der Waals surface area contributed by atoms with Gasteiger partial charge in [-0.2, -0.15) is 0 Å². The Morgan fingerprint density at radius 1 is 1.26 bits per heavy atom. The Hall–Kier alpha value is -2.67. The smallest absolute Gasteiger partial charge is 0.276 e. The first-order valence-corrected chi connectivity index (χ1v) is 11.9. The lowest BCUT2D eigenvalue weighted by Crippen LogP contribution is -2.41. The minimum absolute atomic E-state index is 0.0303. The monoisotopic (exact) mass is 439 g/mol. The zero-order valence-electron chi connectivity index (χ0n) is 18.1. The van der Waals surface area contributed by atoms with Crippen molar-refractivity contribution in [3.05, 3.63) is 52.2 Å². The molecule has 1 atom stereocenters. The zero-order chi connectivity index (χ0) is 21.8. The molecule has 1 N–H and O–H groups in total. The van der Waals surface area contributed by atoms with Gasteiger partial charge in [0.15, 0.2) is 5.69 Å². The van der Waals surface area contributed by atoms with Gasteiger partial charge >= 0.3 is 0 Å². The molecule has 4 rings (SSSR count). The summed E-state index contributed by atoms with van der Waals surface area (Å²) >= 11 is 1.52. The molecule has 1 aliphatic rings. The summed E-state index contributed by atoms with van der Waals surface area (Å²) in [5, 5.41) is 7.93. The molecule has 1 fully saturated rings. The second kappa shape index (κ2) is 9.64. The van der Waals surface area contributed by atoms with Gasteiger partial charge in [-0.15, -0.1) is 11.3 Å². The van der Waals surface area contributed by atoms with E-state index in [1.165, 1.54) is 11.3 Å². The van der Waals surface area contributed by atoms with Crippen LogP contribution in [0.1, 0.15) is 70.5 Å². The molecule has 0 radical (unpaired) electrons. The molecule has 1 aliphatic heterocycles. The van der Waals surface area contributed by atoms with E-state index >= 15 is 0 Å². The number of likely N-dealkylation sites (tertiary alicyclic amines) is 1. The lowest BCUT2D eigenvalue weighted by atomic mass is 9.97. The molecule has 7 heteroatoms. The number of hydrogen-bond donors (Lipinski definition) is 1. The van der Waals surface area contributed by atoms with E-state index in [0.717, 1.165) is 64.8 Å². The molecule has 1 aromatic carbocycles. The maximum Gasteiger partial charge on any atom is 0.276 e. The third-order valence-corrected chi connectivity index (χ3v) is 7.20. The average molecular weight is 440 g/mol. The minimum atomic E-state index is -0.0703. The van der Waals surface area contributed by atoms with Crippen LogP contribution in [0.15, 0.2) is 34.9 Å². The van der Waals surface area contributed by atoms with Crippen LogP contribution in [0.4, 0.5) is 0 Å². The lowest BCUT2D eigenvalue weighted by Gasteiger charge is -2.29. The number of nitrogens with zero attached hydrogens (tertiary/aromatic N) is 2. The van der Waals surface area contributed by atoms with E-state index in [0.29, 0.717) is 18.7 Å². The molecule has 2 amide bonds. The first-order chi connectivity index (χ1) is 15.1. The molecule has 164 valence electrons. The van der Waals surface area contributed by atoms with Gasteiger partial charge in [0.1, 0.15) is 5.76 Å². The number of hydrogen-bond acceptors (Lipinski definition) is 5. The quantitative estimate of drug-likeness (QED) is 0.597. The van der Waals surface area contributed by atoms with Crippen molar-refractivity contribution >= 4 is 33.2 Å². The fourth-order valence-corrected chi connectivity index (χ4v) is 5.60. The molecule has 2 aromatic heterocycles. The topological polar surface area (TPSA) is 75.4 Å². The van der Waals surface area contributed by atoms with Gasteiger partial charge in [-0.3, -0.25) is 9.59 Å². The zero-order valence-corrected chi connectivity index (χ0v) is 19.0. The van der Waals surface area contributed by atoms with Gasteiger partial charge in [-0.25, -0.2) is 0 Å². The van der Waals surface area contributed by atoms with Gasteiger partial charge in [0, 0.05) is 36.8 Å². The summed E-state index contributed by atoms with van der Waals surface area (Å²) < 4.78 is 6.46. The number of fused-ring (bicyclic) bond motifs is 1. The Morgan fingerprint density at radius 2 is 2.10 bits per heavy atom. The molecule has 6 nitrogen and oxygen atoms in total. The van der Waals surface area contributed by atoms with Crippen LogP contribution in [0.25, 0.3) is 10.1 Å². The van der Waals surface area contributed by atoms with Crippen LogP contribution in [0, 0.1) is 0 Å². The Morgan fingerprint density at radius 3 is 2.90 bits per heavy atom. The van der Waals surface area contributed by atoms with Crippen LogP contribution in [-0.2, 0) is 12.8 Å². The number of carbonyl (C=O) groups is 2. The first kappa shape index (κ1) is 21.6. The summed E-state index contributed by atoms with van der Waals surface area (Å²) in [5.74, 6) is 0.616. The predicted molar refractivity (Wildman–Crippen MR) is 123 cm³/mol. The number of carbonyl (C=O) groups excluding carboxylic acids is 2. The second-order valence-corrected chi connectivity index (χ2v) is 9.17. The molecular weight excluding hydrogens is 410 g/mol. The van der Waals surface area contributed by atoms with Gasteiger partial charge in [-0.05, 0) is 42.7 Å². The number of amides is 2. The van der Waals surface area contributed by atoms with Crippen LogP contribution < -0.4 is 5.32 Å². The van der Waals surface area contributed by atoms with E-state index < -0.39 is 0 Å². The number of thiophene rings is 1. The van der Waals surface area contributed by atoms with Crippen LogP contribution >= 0.6 is 11.3 Å². The third-order valence-electron chi connectivity index (χ3n) is 5.98. The molecule has 3 heterocycles. The Kier molecular flexibility index (Phi) is 6.70. The fourth-order valence-electron chi connectivity index (χ4n) is 4.42. The van der Waals surface area contributed by atoms with Crippen molar-refractivity contribution in [3.8, 4) is 0 Å². The number of nitrogens with one attached hydrogen (secondary N) is 1. The van der Waals surface area contributed by atoms with Crippen molar-refractivity contribution in [1.29, 1.82) is 0 Å². The van der Waals surface area contributed by atoms with Crippen LogP contribution in [-0.4, -0.2) is 41.5 Å². The van der Waals surface area contributed by atoms with Crippen molar-refractivity contribution in [3.63, 3.8) is 0 Å². The number of aromatic nitrogens is 1. The first-order valence-electron chi connectivity index (χ1n) is 11.1. The summed E-state index contributed by atoms with van der Waals surface area (Å²) in [6.07, 6.45) is 6.47. The van der Waals surface area contributed by atoms with Gasteiger partial charge in [0.2, 0.25) is 0 Å². The standard InChI is InChI=1S/C24H29N3O3S/c1-3-9-17-15-20(26-30-17)24(29)27-13-8-4-5-10-16(27)14-19-18-11-6-7-12-21(18)31-22(19)23(28)25-2/h6-7,11-12,15-16H,3-5,8-10,13-14H2,1-2H3,(H,25,28)/t16-/m0/s1. The summed E-state index contributed by atoms with van der Waals surface area (Å²) in [4.78, 5) is 28.7. The van der Waals surface area contributed by atoms with E-state index in [-0.39, 0.29) is 17.9 Å². The molecular formula is C24H29N3O3S. The van der Waals surface area contributed by atoms with E-state index in [2.05, 4.69) is 29.5 Å². The second-order valence-electron chi connectivity index (χ2n) is 8.12. The molecule has 3 aromatic rings. The molecule has 0 saturated carbocycles. The van der Waals surface area contributed by atoms with Crippen molar-refractivity contribution < 1.29 is 14.1 Å². The molecule has 0 bridgehead atoms. The van der Waals surface area contributed by atoms with Gasteiger partial charge < -0.3 is 14.7 Å². The lowest BCUT2D eigenvalue weighted by molar-refractivity contribution is 0.0671.